The summed E-state index contributed by atoms with van der Waals surface area (Å²) < 4.78 is 0. The molecule has 2 atom stereocenters. The first kappa shape index (κ1) is 23.1. The van der Waals surface area contributed by atoms with Crippen LogP contribution in [0.5, 0.6) is 0 Å². The van der Waals surface area contributed by atoms with Crippen molar-refractivity contribution in [2.24, 2.45) is 17.3 Å². The van der Waals surface area contributed by atoms with Gasteiger partial charge in [-0.3, -0.25) is 9.59 Å². The predicted octanol–water partition coefficient (Wildman–Crippen LogP) is 5.72. The zero-order valence-corrected chi connectivity index (χ0v) is 20.6. The molecular formula is C28H37N3O3. The number of carbonyl (C=O) groups excluding carboxylic acids is 1. The Bertz CT molecular complexity index is 1070. The number of carboxylic acids is 1. The number of fused-ring (bicyclic) bond motifs is 3. The van der Waals surface area contributed by atoms with Crippen LogP contribution >= 0.6 is 0 Å². The summed E-state index contributed by atoms with van der Waals surface area (Å²) in [6.45, 7) is 7.04. The minimum absolute atomic E-state index is 0.0241. The summed E-state index contributed by atoms with van der Waals surface area (Å²) in [7, 11) is 0. The van der Waals surface area contributed by atoms with Crippen molar-refractivity contribution in [3.05, 3.63) is 36.0 Å². The van der Waals surface area contributed by atoms with Crippen LogP contribution in [-0.2, 0) is 4.79 Å². The molecule has 182 valence electrons. The maximum absolute atomic E-state index is 13.4. The molecule has 6 nitrogen and oxygen atoms in total. The van der Waals surface area contributed by atoms with E-state index in [0.717, 1.165) is 35.3 Å². The number of nitrogens with one attached hydrogen (secondary N) is 1. The molecule has 34 heavy (non-hydrogen) atoms. The van der Waals surface area contributed by atoms with Gasteiger partial charge in [0.2, 0.25) is 0 Å². The molecule has 3 fully saturated rings. The highest BCUT2D eigenvalue weighted by Gasteiger charge is 2.45. The number of rotatable bonds is 4. The van der Waals surface area contributed by atoms with Crippen molar-refractivity contribution in [1.29, 1.82) is 0 Å². The minimum Gasteiger partial charge on any atom is -0.481 e. The Labute approximate surface area is 202 Å². The summed E-state index contributed by atoms with van der Waals surface area (Å²) in [5.74, 6) is 0.663. The maximum atomic E-state index is 13.4. The van der Waals surface area contributed by atoms with Crippen molar-refractivity contribution >= 4 is 28.5 Å². The lowest BCUT2D eigenvalue weighted by Gasteiger charge is -2.37. The van der Waals surface area contributed by atoms with E-state index in [1.165, 1.54) is 25.7 Å². The van der Waals surface area contributed by atoms with Crippen LogP contribution in [0, 0.1) is 17.3 Å². The molecular weight excluding hydrogens is 426 g/mol. The molecule has 3 aliphatic rings. The Morgan fingerprint density at radius 3 is 2.26 bits per heavy atom. The third-order valence-corrected chi connectivity index (χ3v) is 8.59. The molecule has 2 aliphatic heterocycles. The van der Waals surface area contributed by atoms with Gasteiger partial charge in [-0.1, -0.05) is 26.8 Å². The Morgan fingerprint density at radius 1 is 0.971 bits per heavy atom. The van der Waals surface area contributed by atoms with E-state index in [2.05, 4.69) is 37.1 Å². The highest BCUT2D eigenvalue weighted by atomic mass is 16.4. The number of pyridine rings is 1. The van der Waals surface area contributed by atoms with Crippen LogP contribution in [0.2, 0.25) is 0 Å². The van der Waals surface area contributed by atoms with E-state index in [-0.39, 0.29) is 23.9 Å². The second kappa shape index (κ2) is 8.86. The maximum Gasteiger partial charge on any atom is 0.306 e. The van der Waals surface area contributed by atoms with E-state index in [1.807, 2.05) is 29.3 Å². The van der Waals surface area contributed by atoms with Gasteiger partial charge in [-0.2, -0.15) is 0 Å². The number of carbonyl (C=O) groups is 2. The molecule has 5 rings (SSSR count). The number of amides is 1. The zero-order valence-electron chi connectivity index (χ0n) is 20.6. The van der Waals surface area contributed by atoms with Crippen molar-refractivity contribution in [3.63, 3.8) is 0 Å². The fourth-order valence-corrected chi connectivity index (χ4v) is 6.53. The van der Waals surface area contributed by atoms with Crippen molar-refractivity contribution < 1.29 is 14.7 Å². The third kappa shape index (κ3) is 4.51. The van der Waals surface area contributed by atoms with Crippen molar-refractivity contribution in [2.45, 2.75) is 90.3 Å². The molecule has 1 saturated carbocycles. The number of carboxylic acid groups (broad SMARTS) is 1. The van der Waals surface area contributed by atoms with Crippen molar-refractivity contribution in [2.75, 3.05) is 5.32 Å². The number of aromatic nitrogens is 1. The molecule has 1 amide bonds. The summed E-state index contributed by atoms with van der Waals surface area (Å²) in [5, 5.41) is 15.1. The summed E-state index contributed by atoms with van der Waals surface area (Å²) >= 11 is 0. The first-order chi connectivity index (χ1) is 16.2. The normalized spacial score (nSPS) is 29.3. The monoisotopic (exact) mass is 463 g/mol. The van der Waals surface area contributed by atoms with E-state index < -0.39 is 5.97 Å². The summed E-state index contributed by atoms with van der Waals surface area (Å²) in [6.07, 6.45) is 9.67. The highest BCUT2D eigenvalue weighted by molar-refractivity contribution is 5.99. The lowest BCUT2D eigenvalue weighted by molar-refractivity contribution is -0.144. The Hall–Kier alpha value is -2.63. The molecule has 3 heterocycles. The number of aliphatic carboxylic acids is 1. The van der Waals surface area contributed by atoms with Gasteiger partial charge < -0.3 is 15.3 Å². The first-order valence-electron chi connectivity index (χ1n) is 12.9. The van der Waals surface area contributed by atoms with Gasteiger partial charge in [0.25, 0.3) is 5.91 Å². The molecule has 1 aromatic heterocycles. The van der Waals surface area contributed by atoms with Gasteiger partial charge in [0.05, 0.1) is 5.92 Å². The number of anilines is 1. The molecule has 2 N–H and O–H groups in total. The number of benzene rings is 1. The number of nitrogens with zero attached hydrogens (tertiary/aromatic N) is 2. The van der Waals surface area contributed by atoms with Crippen LogP contribution in [0.25, 0.3) is 10.8 Å². The molecule has 2 unspecified atom stereocenters. The van der Waals surface area contributed by atoms with Gasteiger partial charge in [0.15, 0.2) is 0 Å². The van der Waals surface area contributed by atoms with Crippen LogP contribution in [-0.4, -0.2) is 45.0 Å². The lowest BCUT2D eigenvalue weighted by Crippen LogP contribution is -2.47. The molecule has 0 radical (unpaired) electrons. The Kier molecular flexibility index (Phi) is 6.03. The smallest absolute Gasteiger partial charge is 0.306 e. The first-order valence-corrected chi connectivity index (χ1v) is 12.9. The molecule has 1 aromatic carbocycles. The molecule has 2 bridgehead atoms. The molecule has 2 saturated heterocycles. The average Bonchev–Trinajstić information content (AvgIpc) is 3.06. The third-order valence-electron chi connectivity index (χ3n) is 8.59. The summed E-state index contributed by atoms with van der Waals surface area (Å²) in [4.78, 5) is 31.4. The topological polar surface area (TPSA) is 82.5 Å². The highest BCUT2D eigenvalue weighted by Crippen LogP contribution is 2.40. The number of hydrogen-bond donors (Lipinski definition) is 2. The lowest BCUT2D eigenvalue weighted by atomic mass is 9.71. The minimum atomic E-state index is -0.729. The van der Waals surface area contributed by atoms with E-state index in [4.69, 9.17) is 0 Å². The summed E-state index contributed by atoms with van der Waals surface area (Å²) in [6, 6.07) is 8.49. The van der Waals surface area contributed by atoms with Gasteiger partial charge in [-0.15, -0.1) is 0 Å². The van der Waals surface area contributed by atoms with Gasteiger partial charge in [-0.25, -0.2) is 4.98 Å². The van der Waals surface area contributed by atoms with E-state index >= 15 is 0 Å². The molecule has 2 aromatic rings. The zero-order chi connectivity index (χ0) is 24.0. The van der Waals surface area contributed by atoms with Crippen LogP contribution in [0.15, 0.2) is 30.5 Å². The molecule has 1 aliphatic carbocycles. The average molecular weight is 464 g/mol. The number of piperidine rings is 1. The van der Waals surface area contributed by atoms with Crippen LogP contribution in [0.4, 0.5) is 5.82 Å². The fourth-order valence-electron chi connectivity index (χ4n) is 6.53. The van der Waals surface area contributed by atoms with E-state index in [9.17, 15) is 14.7 Å². The quantitative estimate of drug-likeness (QED) is 0.606. The standard InChI is InChI=1S/C28H37N3O3/c1-28(2,3)21-6-8-22(9-7-21)30-25-15-17-4-5-18(12-20(17)16-29-25)26(32)31-23-10-11-24(31)14-19(13-23)27(33)34/h4-5,12,15-16,19,21-24H,6-11,13-14H2,1-3H3,(H,29,30)(H,33,34). The van der Waals surface area contributed by atoms with E-state index in [0.29, 0.717) is 29.9 Å². The summed E-state index contributed by atoms with van der Waals surface area (Å²) in [5.41, 5.74) is 1.05. The Balaban J connectivity index is 1.26. The Morgan fingerprint density at radius 2 is 1.65 bits per heavy atom. The SMILES string of the molecule is CC(C)(C)C1CCC(Nc2cc3ccc(C(=O)N4C5CCC4CC(C(=O)O)C5)cc3cn2)CC1. The second-order valence-electron chi connectivity index (χ2n) is 11.8. The van der Waals surface area contributed by atoms with Crippen molar-refractivity contribution in [1.82, 2.24) is 9.88 Å². The number of hydrogen-bond acceptors (Lipinski definition) is 4. The van der Waals surface area contributed by atoms with Crippen LogP contribution < -0.4 is 5.32 Å². The van der Waals surface area contributed by atoms with E-state index in [1.54, 1.807) is 0 Å². The van der Waals surface area contributed by atoms with Gasteiger partial charge >= 0.3 is 5.97 Å². The van der Waals surface area contributed by atoms with Gasteiger partial charge in [0.1, 0.15) is 5.82 Å². The van der Waals surface area contributed by atoms with Crippen LogP contribution in [0.3, 0.4) is 0 Å². The molecule has 6 heteroatoms. The van der Waals surface area contributed by atoms with Gasteiger partial charge in [-0.05, 0) is 86.3 Å². The molecule has 0 spiro atoms. The van der Waals surface area contributed by atoms with Crippen LogP contribution in [0.1, 0.15) is 82.5 Å². The van der Waals surface area contributed by atoms with Crippen molar-refractivity contribution in [3.8, 4) is 0 Å². The fraction of sp³-hybridized carbons (Fsp3) is 0.607. The van der Waals surface area contributed by atoms with Gasteiger partial charge in [0, 0.05) is 35.3 Å². The second-order valence-corrected chi connectivity index (χ2v) is 11.8. The largest absolute Gasteiger partial charge is 0.481 e. The predicted molar refractivity (Wildman–Crippen MR) is 134 cm³/mol.